The van der Waals surface area contributed by atoms with Crippen LogP contribution in [-0.4, -0.2) is 112 Å². The zero-order chi connectivity index (χ0) is 23.6. The number of carbonyl (C=O) groups is 1. The Bertz CT molecular complexity index is 1030. The van der Waals surface area contributed by atoms with Gasteiger partial charge in [-0.3, -0.25) is 25.1 Å². The summed E-state index contributed by atoms with van der Waals surface area (Å²) in [5.41, 5.74) is -2.34. The van der Waals surface area contributed by atoms with Crippen molar-refractivity contribution in [2.24, 2.45) is 0 Å². The van der Waals surface area contributed by atoms with E-state index in [0.717, 1.165) is 9.62 Å². The number of aliphatic hydroxyl groups is 2. The number of hydroxylamine groups is 2. The van der Waals surface area contributed by atoms with E-state index < -0.39 is 81.5 Å². The van der Waals surface area contributed by atoms with Crippen LogP contribution in [0.25, 0.3) is 0 Å². The predicted octanol–water partition coefficient (Wildman–Crippen LogP) is -5.10. The topological polar surface area (TPSA) is 295 Å². The van der Waals surface area contributed by atoms with Crippen molar-refractivity contribution < 1.29 is 55.1 Å². The summed E-state index contributed by atoms with van der Waals surface area (Å²) in [6, 6.07) is -3.11. The van der Waals surface area contributed by atoms with Gasteiger partial charge < -0.3 is 30.5 Å². The number of amides is 1. The number of hydrogen-bond donors (Lipinski definition) is 10. The van der Waals surface area contributed by atoms with Crippen molar-refractivity contribution in [3.63, 3.8) is 0 Å². The largest absolute Gasteiger partial charge is 0.446 e. The van der Waals surface area contributed by atoms with Crippen LogP contribution in [0.15, 0.2) is 0 Å². The molecule has 4 atom stereocenters. The Morgan fingerprint density at radius 3 is 2.42 bits per heavy atom. The molecule has 3 rings (SSSR count). The molecule has 176 valence electrons. The van der Waals surface area contributed by atoms with Gasteiger partial charge in [-0.25, -0.2) is 14.0 Å². The van der Waals surface area contributed by atoms with E-state index in [1.54, 1.807) is 0 Å². The maximum atomic E-state index is 11.5. The second-order valence-electron chi connectivity index (χ2n) is 6.65. The third-order valence-corrected chi connectivity index (χ3v) is 5.76. The van der Waals surface area contributed by atoms with Gasteiger partial charge in [0.25, 0.3) is 0 Å². The monoisotopic (exact) mass is 491 g/mol. The lowest BCUT2D eigenvalue weighted by atomic mass is 9.85. The van der Waals surface area contributed by atoms with Crippen LogP contribution in [0.4, 0.5) is 4.79 Å². The summed E-state index contributed by atoms with van der Waals surface area (Å²) in [5, 5.41) is 52.5. The summed E-state index contributed by atoms with van der Waals surface area (Å²) in [5.74, 6) is -4.70. The third-order valence-electron chi connectivity index (χ3n) is 4.86. The van der Waals surface area contributed by atoms with E-state index in [9.17, 15) is 37.1 Å². The first kappa shape index (κ1) is 23.1. The number of guanidine groups is 2. The van der Waals surface area contributed by atoms with Crippen LogP contribution in [0.2, 0.25) is 0 Å². The summed E-state index contributed by atoms with van der Waals surface area (Å²) in [6.07, 6.45) is -3.79. The molecule has 2 unspecified atom stereocenters. The molecule has 3 heterocycles. The lowest BCUT2D eigenvalue weighted by Gasteiger charge is -2.52. The van der Waals surface area contributed by atoms with E-state index in [1.165, 1.54) is 0 Å². The highest BCUT2D eigenvalue weighted by molar-refractivity contribution is 7.84. The van der Waals surface area contributed by atoms with Crippen molar-refractivity contribution >= 4 is 38.7 Å². The van der Waals surface area contributed by atoms with Gasteiger partial charge in [0, 0.05) is 0 Å². The maximum Gasteiger partial charge on any atom is 0.422 e. The molecule has 3 aliphatic heterocycles. The Morgan fingerprint density at radius 1 is 1.26 bits per heavy atom. The van der Waals surface area contributed by atoms with Crippen molar-refractivity contribution in [2.45, 2.75) is 29.6 Å². The van der Waals surface area contributed by atoms with Gasteiger partial charge in [-0.05, 0) is 0 Å². The van der Waals surface area contributed by atoms with Crippen molar-refractivity contribution in [3.05, 3.63) is 0 Å². The highest BCUT2D eigenvalue weighted by Gasteiger charge is 2.76. The predicted molar refractivity (Wildman–Crippen MR) is 92.0 cm³/mol. The fourth-order valence-electron chi connectivity index (χ4n) is 3.76. The van der Waals surface area contributed by atoms with E-state index in [-0.39, 0.29) is 5.06 Å². The van der Waals surface area contributed by atoms with Crippen LogP contribution in [-0.2, 0) is 29.6 Å². The van der Waals surface area contributed by atoms with Gasteiger partial charge in [0.1, 0.15) is 18.7 Å². The fourth-order valence-corrected chi connectivity index (χ4v) is 4.52. The molecule has 31 heavy (non-hydrogen) atoms. The molecule has 1 amide bonds. The smallest absolute Gasteiger partial charge is 0.422 e. The zero-order valence-electron chi connectivity index (χ0n) is 15.0. The highest BCUT2D eigenvalue weighted by atomic mass is 32.3. The Balaban J connectivity index is 1.96. The van der Waals surface area contributed by atoms with Crippen molar-refractivity contribution in [1.29, 1.82) is 10.8 Å². The molecule has 0 aliphatic carbocycles. The SMILES string of the molecule is N=C1N[C@@H]2[C@H](COC(=O)NS(=O)(=O)O)N(O)C(=N)N3CC(OS(=O)(=O)O)C(O)(O)C23N1. The number of nitrogens with zero attached hydrogens (tertiary/aromatic N) is 2. The molecular weight excluding hydrogens is 474 g/mol. The molecule has 1 spiro atoms. The van der Waals surface area contributed by atoms with Crippen molar-refractivity contribution in [2.75, 3.05) is 13.2 Å². The zero-order valence-corrected chi connectivity index (χ0v) is 16.6. The Labute approximate surface area is 173 Å². The lowest BCUT2D eigenvalue weighted by Crippen LogP contribution is -2.81. The summed E-state index contributed by atoms with van der Waals surface area (Å²) in [7, 11) is -10.2. The average molecular weight is 491 g/mol. The molecule has 3 fully saturated rings. The van der Waals surface area contributed by atoms with E-state index >= 15 is 0 Å². The van der Waals surface area contributed by atoms with E-state index in [2.05, 4.69) is 19.6 Å². The second kappa shape index (κ2) is 6.99. The first-order chi connectivity index (χ1) is 14.0. The van der Waals surface area contributed by atoms with Gasteiger partial charge in [-0.2, -0.15) is 21.6 Å². The minimum absolute atomic E-state index is 0.169. The first-order valence-electron chi connectivity index (χ1n) is 7.99. The molecule has 0 saturated carbocycles. The Hall–Kier alpha value is -2.53. The van der Waals surface area contributed by atoms with Crippen LogP contribution in [0.3, 0.4) is 0 Å². The number of rotatable bonds is 5. The van der Waals surface area contributed by atoms with Gasteiger partial charge in [0.05, 0.1) is 6.54 Å². The first-order valence-corrected chi connectivity index (χ1v) is 10.8. The van der Waals surface area contributed by atoms with Crippen LogP contribution in [0, 0.1) is 10.8 Å². The molecule has 0 aromatic heterocycles. The summed E-state index contributed by atoms with van der Waals surface area (Å²) >= 11 is 0. The van der Waals surface area contributed by atoms with Crippen molar-refractivity contribution in [1.82, 2.24) is 25.3 Å². The van der Waals surface area contributed by atoms with Gasteiger partial charge >= 0.3 is 26.8 Å². The van der Waals surface area contributed by atoms with Crippen LogP contribution in [0.1, 0.15) is 0 Å². The van der Waals surface area contributed by atoms with Crippen molar-refractivity contribution in [3.8, 4) is 0 Å². The highest BCUT2D eigenvalue weighted by Crippen LogP contribution is 2.45. The van der Waals surface area contributed by atoms with Crippen LogP contribution >= 0.6 is 0 Å². The maximum absolute atomic E-state index is 11.5. The number of hydrogen-bond acceptors (Lipinski definition) is 12. The van der Waals surface area contributed by atoms with Gasteiger partial charge in [-0.15, -0.1) is 0 Å². The minimum atomic E-state index is -5.20. The number of ether oxygens (including phenoxy) is 1. The van der Waals surface area contributed by atoms with E-state index in [1.807, 2.05) is 0 Å². The Morgan fingerprint density at radius 2 is 1.87 bits per heavy atom. The summed E-state index contributed by atoms with van der Waals surface area (Å²) in [4.78, 5) is 12.2. The molecular formula is C10H17N7O12S2. The Kier molecular flexibility index (Phi) is 5.22. The molecule has 21 heteroatoms. The standard InChI is InChI=1S/C10H17N7O12S2/c11-6-13-5-3(2-28-8(18)15-30(22,23)24)17(21)7(12)16-1-4(29-31(25,26)27)10(19,20)9(5,16)14-6/h3-5,12,19-21H,1-2H2,(H,15,18)(H3,11,13,14)(H,22,23,24)(H,25,26,27)/t3-,4?,5+,9?/m0/s1. The molecule has 10 N–H and O–H groups in total. The lowest BCUT2D eigenvalue weighted by molar-refractivity contribution is -0.265. The normalized spacial score (nSPS) is 32.1. The molecule has 19 nitrogen and oxygen atoms in total. The average Bonchev–Trinajstić information content (AvgIpc) is 3.02. The summed E-state index contributed by atoms with van der Waals surface area (Å²) in [6.45, 7) is -1.71. The van der Waals surface area contributed by atoms with Gasteiger partial charge in [-0.1, -0.05) is 0 Å². The number of carbonyl (C=O) groups excluding carboxylic acids is 1. The molecule has 0 radical (unpaired) electrons. The van der Waals surface area contributed by atoms with Gasteiger partial charge in [0.15, 0.2) is 17.7 Å². The molecule has 0 aromatic carbocycles. The molecule has 3 aliphatic rings. The fraction of sp³-hybridized carbons (Fsp3) is 0.700. The minimum Gasteiger partial charge on any atom is -0.446 e. The van der Waals surface area contributed by atoms with E-state index in [4.69, 9.17) is 19.9 Å². The molecule has 3 saturated heterocycles. The van der Waals surface area contributed by atoms with E-state index in [0.29, 0.717) is 0 Å². The van der Waals surface area contributed by atoms with Crippen LogP contribution in [0.5, 0.6) is 0 Å². The number of nitrogens with one attached hydrogen (secondary N) is 5. The molecule has 0 bridgehead atoms. The summed E-state index contributed by atoms with van der Waals surface area (Å²) < 4.78 is 70.9. The van der Waals surface area contributed by atoms with Gasteiger partial charge in [0.2, 0.25) is 11.7 Å². The van der Waals surface area contributed by atoms with Crippen LogP contribution < -0.4 is 15.4 Å². The third kappa shape index (κ3) is 3.80. The molecule has 0 aromatic rings. The second-order valence-corrected chi connectivity index (χ2v) is 8.85. The quantitative estimate of drug-likeness (QED) is 0.127.